The van der Waals surface area contributed by atoms with Crippen LogP contribution >= 0.6 is 0 Å². The highest BCUT2D eigenvalue weighted by atomic mass is 16.5. The SMILES string of the molecule is NC(=O)c1ccccc1NC(=O)CN(CC1CCOC1)C1CC1. The Hall–Kier alpha value is -1.92. The van der Waals surface area contributed by atoms with Crippen LogP contribution in [0.2, 0.25) is 0 Å². The molecule has 1 saturated carbocycles. The van der Waals surface area contributed by atoms with Crippen LogP contribution in [0.15, 0.2) is 24.3 Å². The molecule has 0 bridgehead atoms. The second-order valence-electron chi connectivity index (χ2n) is 6.35. The van der Waals surface area contributed by atoms with Crippen LogP contribution in [0.25, 0.3) is 0 Å². The number of ether oxygens (including phenoxy) is 1. The van der Waals surface area contributed by atoms with Crippen LogP contribution in [0.1, 0.15) is 29.6 Å². The number of benzene rings is 1. The lowest BCUT2D eigenvalue weighted by Gasteiger charge is -2.24. The van der Waals surface area contributed by atoms with E-state index in [1.807, 2.05) is 0 Å². The number of para-hydroxylation sites is 1. The summed E-state index contributed by atoms with van der Waals surface area (Å²) < 4.78 is 5.42. The molecule has 0 spiro atoms. The van der Waals surface area contributed by atoms with Crippen molar-refractivity contribution in [2.45, 2.75) is 25.3 Å². The number of amides is 2. The van der Waals surface area contributed by atoms with Gasteiger partial charge in [-0.2, -0.15) is 0 Å². The Bertz CT molecular complexity index is 580. The van der Waals surface area contributed by atoms with Crippen LogP contribution in [0, 0.1) is 5.92 Å². The van der Waals surface area contributed by atoms with E-state index in [1.165, 1.54) is 0 Å². The van der Waals surface area contributed by atoms with Crippen LogP contribution in [0.3, 0.4) is 0 Å². The molecule has 3 rings (SSSR count). The standard InChI is InChI=1S/C17H23N3O3/c18-17(22)14-3-1-2-4-15(14)19-16(21)10-20(13-5-6-13)9-12-7-8-23-11-12/h1-4,12-13H,5-11H2,(H2,18,22)(H,19,21). The van der Waals surface area contributed by atoms with Gasteiger partial charge in [-0.05, 0) is 37.3 Å². The lowest BCUT2D eigenvalue weighted by molar-refractivity contribution is -0.117. The Morgan fingerprint density at radius 1 is 1.26 bits per heavy atom. The van der Waals surface area contributed by atoms with Gasteiger partial charge in [-0.25, -0.2) is 0 Å². The zero-order valence-electron chi connectivity index (χ0n) is 13.2. The van der Waals surface area contributed by atoms with E-state index in [0.29, 0.717) is 29.8 Å². The predicted molar refractivity (Wildman–Crippen MR) is 87.1 cm³/mol. The van der Waals surface area contributed by atoms with E-state index in [0.717, 1.165) is 39.0 Å². The molecule has 1 heterocycles. The minimum absolute atomic E-state index is 0.107. The third-order valence-corrected chi connectivity index (χ3v) is 4.39. The van der Waals surface area contributed by atoms with Gasteiger partial charge >= 0.3 is 0 Å². The first-order chi connectivity index (χ1) is 11.1. The highest BCUT2D eigenvalue weighted by Crippen LogP contribution is 2.28. The summed E-state index contributed by atoms with van der Waals surface area (Å²) in [6.45, 7) is 2.85. The Morgan fingerprint density at radius 2 is 2.04 bits per heavy atom. The zero-order chi connectivity index (χ0) is 16.2. The summed E-state index contributed by atoms with van der Waals surface area (Å²) in [5.74, 6) is -0.131. The van der Waals surface area contributed by atoms with Gasteiger partial charge in [0.15, 0.2) is 0 Å². The monoisotopic (exact) mass is 317 g/mol. The van der Waals surface area contributed by atoms with Crippen molar-refractivity contribution in [3.05, 3.63) is 29.8 Å². The van der Waals surface area contributed by atoms with E-state index >= 15 is 0 Å². The molecule has 1 unspecified atom stereocenters. The summed E-state index contributed by atoms with van der Waals surface area (Å²) in [5.41, 5.74) is 6.16. The van der Waals surface area contributed by atoms with E-state index in [9.17, 15) is 9.59 Å². The molecular formula is C17H23N3O3. The van der Waals surface area contributed by atoms with Crippen molar-refractivity contribution < 1.29 is 14.3 Å². The summed E-state index contributed by atoms with van der Waals surface area (Å²) in [6.07, 6.45) is 3.37. The maximum Gasteiger partial charge on any atom is 0.250 e. The van der Waals surface area contributed by atoms with Gasteiger partial charge in [0.25, 0.3) is 5.91 Å². The first-order valence-corrected chi connectivity index (χ1v) is 8.14. The van der Waals surface area contributed by atoms with Crippen molar-refractivity contribution in [3.8, 4) is 0 Å². The van der Waals surface area contributed by atoms with Crippen molar-refractivity contribution in [2.24, 2.45) is 11.7 Å². The lowest BCUT2D eigenvalue weighted by Crippen LogP contribution is -2.38. The molecule has 2 fully saturated rings. The minimum atomic E-state index is -0.539. The third kappa shape index (κ3) is 4.30. The van der Waals surface area contributed by atoms with Gasteiger partial charge in [-0.15, -0.1) is 0 Å². The fourth-order valence-corrected chi connectivity index (χ4v) is 3.02. The van der Waals surface area contributed by atoms with Crippen LogP contribution < -0.4 is 11.1 Å². The van der Waals surface area contributed by atoms with E-state index in [4.69, 9.17) is 10.5 Å². The quantitative estimate of drug-likeness (QED) is 0.792. The van der Waals surface area contributed by atoms with Crippen molar-refractivity contribution in [3.63, 3.8) is 0 Å². The maximum atomic E-state index is 12.4. The Morgan fingerprint density at radius 3 is 2.70 bits per heavy atom. The van der Waals surface area contributed by atoms with Crippen molar-refractivity contribution in [2.75, 3.05) is 31.6 Å². The van der Waals surface area contributed by atoms with E-state index in [-0.39, 0.29) is 5.91 Å². The average Bonchev–Trinajstić information content (AvgIpc) is 3.25. The fourth-order valence-electron chi connectivity index (χ4n) is 3.02. The first-order valence-electron chi connectivity index (χ1n) is 8.14. The van der Waals surface area contributed by atoms with E-state index < -0.39 is 5.91 Å². The zero-order valence-corrected chi connectivity index (χ0v) is 13.2. The molecule has 1 aliphatic carbocycles. The number of carbonyl (C=O) groups is 2. The fraction of sp³-hybridized carbons (Fsp3) is 0.529. The third-order valence-electron chi connectivity index (χ3n) is 4.39. The maximum absolute atomic E-state index is 12.4. The number of nitrogens with two attached hydrogens (primary N) is 1. The first kappa shape index (κ1) is 16.0. The molecular weight excluding hydrogens is 294 g/mol. The summed E-state index contributed by atoms with van der Waals surface area (Å²) in [4.78, 5) is 26.0. The average molecular weight is 317 g/mol. The molecule has 2 amide bonds. The van der Waals surface area contributed by atoms with E-state index in [1.54, 1.807) is 24.3 Å². The number of carbonyl (C=O) groups excluding carboxylic acids is 2. The molecule has 1 aliphatic heterocycles. The molecule has 2 aliphatic rings. The van der Waals surface area contributed by atoms with Gasteiger partial charge in [-0.1, -0.05) is 12.1 Å². The molecule has 1 atom stereocenters. The summed E-state index contributed by atoms with van der Waals surface area (Å²) in [6, 6.07) is 7.33. The molecule has 3 N–H and O–H groups in total. The number of anilines is 1. The number of nitrogens with one attached hydrogen (secondary N) is 1. The number of hydrogen-bond donors (Lipinski definition) is 2. The molecule has 6 nitrogen and oxygen atoms in total. The van der Waals surface area contributed by atoms with Crippen molar-refractivity contribution in [1.82, 2.24) is 4.90 Å². The van der Waals surface area contributed by atoms with Crippen LogP contribution in [-0.4, -0.2) is 49.1 Å². The van der Waals surface area contributed by atoms with Crippen LogP contribution in [-0.2, 0) is 9.53 Å². The Balaban J connectivity index is 1.60. The number of primary amides is 1. The highest BCUT2D eigenvalue weighted by molar-refractivity contribution is 6.03. The highest BCUT2D eigenvalue weighted by Gasteiger charge is 2.32. The van der Waals surface area contributed by atoms with Gasteiger partial charge in [-0.3, -0.25) is 14.5 Å². The normalized spacial score (nSPS) is 20.7. The van der Waals surface area contributed by atoms with Gasteiger partial charge < -0.3 is 15.8 Å². The molecule has 0 radical (unpaired) electrons. The second-order valence-corrected chi connectivity index (χ2v) is 6.35. The lowest BCUT2D eigenvalue weighted by atomic mass is 10.1. The van der Waals surface area contributed by atoms with Crippen molar-refractivity contribution in [1.29, 1.82) is 0 Å². The molecule has 23 heavy (non-hydrogen) atoms. The van der Waals surface area contributed by atoms with Gasteiger partial charge in [0.05, 0.1) is 24.4 Å². The second kappa shape index (κ2) is 7.10. The van der Waals surface area contributed by atoms with E-state index in [2.05, 4.69) is 10.2 Å². The smallest absolute Gasteiger partial charge is 0.250 e. The minimum Gasteiger partial charge on any atom is -0.381 e. The van der Waals surface area contributed by atoms with Gasteiger partial charge in [0, 0.05) is 19.2 Å². The molecule has 1 saturated heterocycles. The Labute approximate surface area is 136 Å². The largest absolute Gasteiger partial charge is 0.381 e. The molecule has 1 aromatic rings. The van der Waals surface area contributed by atoms with Crippen molar-refractivity contribution >= 4 is 17.5 Å². The summed E-state index contributed by atoms with van der Waals surface area (Å²) in [7, 11) is 0. The molecule has 6 heteroatoms. The van der Waals surface area contributed by atoms with Crippen LogP contribution in [0.4, 0.5) is 5.69 Å². The predicted octanol–water partition coefficient (Wildman–Crippen LogP) is 1.22. The topological polar surface area (TPSA) is 84.7 Å². The van der Waals surface area contributed by atoms with Crippen LogP contribution in [0.5, 0.6) is 0 Å². The van der Waals surface area contributed by atoms with Gasteiger partial charge in [0.2, 0.25) is 5.91 Å². The number of rotatable bonds is 7. The molecule has 1 aromatic carbocycles. The summed E-state index contributed by atoms with van der Waals surface area (Å²) in [5, 5.41) is 2.82. The molecule has 124 valence electrons. The summed E-state index contributed by atoms with van der Waals surface area (Å²) >= 11 is 0. The number of nitrogens with zero attached hydrogens (tertiary/aromatic N) is 1. The Kier molecular flexibility index (Phi) is 4.93. The molecule has 0 aromatic heterocycles. The van der Waals surface area contributed by atoms with Gasteiger partial charge in [0.1, 0.15) is 0 Å². The number of hydrogen-bond acceptors (Lipinski definition) is 4.